The van der Waals surface area contributed by atoms with Crippen LogP contribution in [-0.4, -0.2) is 12.6 Å². The normalized spacial score (nSPS) is 9.96. The highest BCUT2D eigenvalue weighted by molar-refractivity contribution is 5.81. The van der Waals surface area contributed by atoms with Gasteiger partial charge in [-0.3, -0.25) is 0 Å². The van der Waals surface area contributed by atoms with Crippen molar-refractivity contribution in [1.82, 2.24) is 0 Å². The van der Waals surface area contributed by atoms with Gasteiger partial charge in [-0.15, -0.1) is 0 Å². The number of esters is 1. The molecule has 0 saturated heterocycles. The van der Waals surface area contributed by atoms with Gasteiger partial charge in [-0.2, -0.15) is 0 Å². The molecule has 0 amide bonds. The number of hydrogen-bond donors (Lipinski definition) is 0. The highest BCUT2D eigenvalue weighted by Crippen LogP contribution is 2.08. The monoisotopic (exact) mass is 383 g/mol. The second kappa shape index (κ2) is 14.4. The molecule has 0 atom stereocenters. The first-order valence-corrected chi connectivity index (χ1v) is 8.48. The third kappa shape index (κ3) is 11.1. The number of nitrogens with zero attached hydrogens (tertiary/aromatic N) is 1. The predicted octanol–water partition coefficient (Wildman–Crippen LogP) is 1.14. The average molecular weight is 384 g/mol. The molecule has 0 unspecified atom stereocenters. The Labute approximate surface area is 151 Å². The van der Waals surface area contributed by atoms with E-state index in [2.05, 4.69) is 42.5 Å². The molecule has 0 aliphatic carbocycles. The second-order valence-corrected chi connectivity index (χ2v) is 5.74. The zero-order chi connectivity index (χ0) is 16.0. The van der Waals surface area contributed by atoms with Crippen molar-refractivity contribution < 1.29 is 31.1 Å². The molecule has 4 heteroatoms. The smallest absolute Gasteiger partial charge is 0.330 e. The minimum atomic E-state index is -0.313. The van der Waals surface area contributed by atoms with Crippen LogP contribution in [-0.2, 0) is 16.1 Å². The van der Waals surface area contributed by atoms with Crippen molar-refractivity contribution in [2.45, 2.75) is 64.8 Å². The molecule has 0 aliphatic heterocycles. The third-order valence-electron chi connectivity index (χ3n) is 3.87. The number of ether oxygens (including phenoxy) is 1. The number of pyridine rings is 1. The molecule has 0 radical (unpaired) electrons. The molecule has 0 N–H and O–H groups in total. The molecule has 0 fully saturated rings. The third-order valence-corrected chi connectivity index (χ3v) is 3.87. The van der Waals surface area contributed by atoms with E-state index in [1.807, 2.05) is 0 Å². The van der Waals surface area contributed by atoms with Crippen molar-refractivity contribution in [3.63, 3.8) is 0 Å². The Kier molecular flexibility index (Phi) is 13.7. The summed E-state index contributed by atoms with van der Waals surface area (Å²) in [6.45, 7) is 7.18. The summed E-state index contributed by atoms with van der Waals surface area (Å²) in [6, 6.07) is 6.34. The van der Waals surface area contributed by atoms with Gasteiger partial charge in [0.25, 0.3) is 0 Å². The van der Waals surface area contributed by atoms with Gasteiger partial charge < -0.3 is 21.7 Å². The Bertz CT molecular complexity index is 449. The fraction of sp³-hybridized carbons (Fsp3) is 0.579. The lowest BCUT2D eigenvalue weighted by molar-refractivity contribution is -0.703. The van der Waals surface area contributed by atoms with E-state index in [4.69, 9.17) is 4.74 Å². The molecule has 1 aromatic rings. The molecule has 0 saturated carbocycles. The first-order valence-electron chi connectivity index (χ1n) is 8.48. The Morgan fingerprint density at radius 3 is 2.30 bits per heavy atom. The van der Waals surface area contributed by atoms with E-state index in [9.17, 15) is 4.79 Å². The van der Waals surface area contributed by atoms with Gasteiger partial charge in [0.05, 0.1) is 6.61 Å². The van der Waals surface area contributed by atoms with Crippen LogP contribution in [0.2, 0.25) is 0 Å². The zero-order valence-electron chi connectivity index (χ0n) is 14.3. The number of carbonyl (C=O) groups is 1. The summed E-state index contributed by atoms with van der Waals surface area (Å²) in [5, 5.41) is 0. The van der Waals surface area contributed by atoms with E-state index in [1.165, 1.54) is 50.3 Å². The number of aryl methyl sites for hydroxylation is 2. The van der Waals surface area contributed by atoms with Crippen LogP contribution < -0.4 is 21.5 Å². The molecular formula is C19H30BrNO2. The first-order chi connectivity index (χ1) is 10.7. The molecule has 1 rings (SSSR count). The molecule has 1 heterocycles. The largest absolute Gasteiger partial charge is 1.00 e. The number of hydrogen-bond acceptors (Lipinski definition) is 2. The minimum absolute atomic E-state index is 0. The SMILES string of the molecule is C=CC(=O)OCCCCCCCCCC[n+]1ccccc1C.[Br-]. The first kappa shape index (κ1) is 21.8. The van der Waals surface area contributed by atoms with Gasteiger partial charge in [0, 0.05) is 31.6 Å². The highest BCUT2D eigenvalue weighted by Gasteiger charge is 2.03. The fourth-order valence-electron chi connectivity index (χ4n) is 2.49. The van der Waals surface area contributed by atoms with Gasteiger partial charge in [-0.1, -0.05) is 44.7 Å². The quantitative estimate of drug-likeness (QED) is 0.234. The lowest BCUT2D eigenvalue weighted by Gasteiger charge is -2.03. The Hall–Kier alpha value is -1.16. The number of carbonyl (C=O) groups excluding carboxylic acids is 1. The summed E-state index contributed by atoms with van der Waals surface area (Å²) < 4.78 is 7.27. The van der Waals surface area contributed by atoms with Crippen molar-refractivity contribution in [1.29, 1.82) is 0 Å². The molecule has 3 nitrogen and oxygen atoms in total. The van der Waals surface area contributed by atoms with Crippen molar-refractivity contribution in [3.05, 3.63) is 42.7 Å². The van der Waals surface area contributed by atoms with Gasteiger partial charge in [0.2, 0.25) is 0 Å². The average Bonchev–Trinajstić information content (AvgIpc) is 2.53. The van der Waals surface area contributed by atoms with E-state index in [0.717, 1.165) is 19.4 Å². The van der Waals surface area contributed by atoms with Crippen molar-refractivity contribution >= 4 is 5.97 Å². The summed E-state index contributed by atoms with van der Waals surface area (Å²) in [6.07, 6.45) is 13.2. The molecule has 0 aliphatic rings. The van der Waals surface area contributed by atoms with E-state index in [0.29, 0.717) is 6.61 Å². The van der Waals surface area contributed by atoms with Crippen molar-refractivity contribution in [3.8, 4) is 0 Å². The van der Waals surface area contributed by atoms with Crippen LogP contribution in [0.25, 0.3) is 0 Å². The minimum Gasteiger partial charge on any atom is -1.00 e. The molecule has 23 heavy (non-hydrogen) atoms. The van der Waals surface area contributed by atoms with Crippen molar-refractivity contribution in [2.75, 3.05) is 6.61 Å². The van der Waals surface area contributed by atoms with Crippen molar-refractivity contribution in [2.24, 2.45) is 0 Å². The van der Waals surface area contributed by atoms with Gasteiger partial charge in [0.1, 0.15) is 6.54 Å². The number of aromatic nitrogens is 1. The van der Waals surface area contributed by atoms with Crippen LogP contribution >= 0.6 is 0 Å². The van der Waals surface area contributed by atoms with Gasteiger partial charge in [0.15, 0.2) is 11.9 Å². The second-order valence-electron chi connectivity index (χ2n) is 5.74. The van der Waals surface area contributed by atoms with Crippen LogP contribution in [0, 0.1) is 6.92 Å². The molecule has 1 aromatic heterocycles. The fourth-order valence-corrected chi connectivity index (χ4v) is 2.49. The van der Waals surface area contributed by atoms with Gasteiger partial charge >= 0.3 is 5.97 Å². The van der Waals surface area contributed by atoms with Crippen LogP contribution in [0.5, 0.6) is 0 Å². The van der Waals surface area contributed by atoms with E-state index in [1.54, 1.807) is 0 Å². The van der Waals surface area contributed by atoms with E-state index in [-0.39, 0.29) is 23.0 Å². The maximum Gasteiger partial charge on any atom is 0.330 e. The lowest BCUT2D eigenvalue weighted by Crippen LogP contribution is -3.00. The summed E-state index contributed by atoms with van der Waals surface area (Å²) in [4.78, 5) is 10.8. The lowest BCUT2D eigenvalue weighted by atomic mass is 10.1. The zero-order valence-corrected chi connectivity index (χ0v) is 15.9. The number of rotatable bonds is 12. The summed E-state index contributed by atoms with van der Waals surface area (Å²) >= 11 is 0. The Morgan fingerprint density at radius 2 is 1.70 bits per heavy atom. The van der Waals surface area contributed by atoms with Gasteiger partial charge in [-0.25, -0.2) is 9.36 Å². The Morgan fingerprint density at radius 1 is 1.09 bits per heavy atom. The topological polar surface area (TPSA) is 30.2 Å². The van der Waals surface area contributed by atoms with Crippen LogP contribution in [0.3, 0.4) is 0 Å². The van der Waals surface area contributed by atoms with Gasteiger partial charge in [-0.05, 0) is 12.8 Å². The summed E-state index contributed by atoms with van der Waals surface area (Å²) in [7, 11) is 0. The maximum atomic E-state index is 10.8. The van der Waals surface area contributed by atoms with Crippen LogP contribution in [0.1, 0.15) is 57.1 Å². The molecule has 0 aromatic carbocycles. The van der Waals surface area contributed by atoms with Crippen LogP contribution in [0.15, 0.2) is 37.1 Å². The molecule has 0 spiro atoms. The van der Waals surface area contributed by atoms with E-state index < -0.39 is 0 Å². The maximum absolute atomic E-state index is 10.8. The standard InChI is InChI=1S/C19H30NO2.BrH/c1-3-19(21)22-17-13-9-7-5-4-6-8-11-15-20-16-12-10-14-18(20)2;/h3,10,12,14,16H,1,4-9,11,13,15,17H2,2H3;1H/q+1;/p-1. The number of halogens is 1. The van der Waals surface area contributed by atoms with E-state index >= 15 is 0 Å². The molecule has 130 valence electrons. The summed E-state index contributed by atoms with van der Waals surface area (Å²) in [5.41, 5.74) is 1.33. The Balaban J connectivity index is 0.00000484. The highest BCUT2D eigenvalue weighted by atomic mass is 79.9. The number of unbranched alkanes of at least 4 members (excludes halogenated alkanes) is 7. The molecular weight excluding hydrogens is 354 g/mol. The van der Waals surface area contributed by atoms with Crippen LogP contribution in [0.4, 0.5) is 0 Å². The summed E-state index contributed by atoms with van der Waals surface area (Å²) in [5.74, 6) is -0.313. The predicted molar refractivity (Wildman–Crippen MR) is 89.5 cm³/mol. The molecule has 0 bridgehead atoms.